The van der Waals surface area contributed by atoms with E-state index < -0.39 is 19.9 Å². The normalized spacial score (nSPS) is 14.8. The Hall–Kier alpha value is -2.00. The van der Waals surface area contributed by atoms with Crippen LogP contribution in [0.3, 0.4) is 0 Å². The summed E-state index contributed by atoms with van der Waals surface area (Å²) in [5.41, 5.74) is 5.34. The summed E-state index contributed by atoms with van der Waals surface area (Å²) in [5, 5.41) is 9.88. The number of carbonyl (C=O) groups excluding carboxylic acids is 1. The van der Waals surface area contributed by atoms with Crippen LogP contribution >= 0.6 is 7.82 Å². The first-order valence-electron chi connectivity index (χ1n) is 19.9. The molecule has 4 N–H and O–H groups in total. The van der Waals surface area contributed by atoms with Gasteiger partial charge in [-0.1, -0.05) is 152 Å². The van der Waals surface area contributed by atoms with Gasteiger partial charge in [-0.2, -0.15) is 0 Å². The first-order chi connectivity index (χ1) is 24.8. The van der Waals surface area contributed by atoms with E-state index >= 15 is 0 Å². The molecule has 0 radical (unpaired) electrons. The van der Waals surface area contributed by atoms with Gasteiger partial charge in [-0.05, 0) is 51.0 Å². The molecule has 3 atom stereocenters. The molecule has 0 aliphatic carbocycles. The van der Waals surface area contributed by atoms with Gasteiger partial charge in [0.15, 0.2) is 6.10 Å². The number of ether oxygens (including phenoxy) is 2. The number of aliphatic hydroxyl groups excluding tert-OH is 1. The minimum atomic E-state index is -4.32. The molecule has 0 bridgehead atoms. The van der Waals surface area contributed by atoms with Crippen LogP contribution in [0, 0.1) is 0 Å². The Balaban J connectivity index is 4.29. The summed E-state index contributed by atoms with van der Waals surface area (Å²) in [7, 11) is -4.32. The molecule has 0 saturated carbocycles. The molecule has 0 fully saturated rings. The number of allylic oxidation sites excluding steroid dienone is 8. The highest BCUT2D eigenvalue weighted by atomic mass is 31.2. The number of rotatable bonds is 37. The number of esters is 1. The summed E-state index contributed by atoms with van der Waals surface area (Å²) in [6.07, 6.45) is 42.3. The molecule has 0 spiro atoms. The number of phosphoric acid groups is 1. The van der Waals surface area contributed by atoms with Crippen LogP contribution in [0.1, 0.15) is 155 Å². The minimum Gasteiger partial charge on any atom is -0.498 e. The lowest BCUT2D eigenvalue weighted by atomic mass is 10.0. The van der Waals surface area contributed by atoms with Crippen LogP contribution in [-0.4, -0.2) is 54.5 Å². The Morgan fingerprint density at radius 3 is 1.96 bits per heavy atom. The summed E-state index contributed by atoms with van der Waals surface area (Å²) < 4.78 is 33.0. The summed E-state index contributed by atoms with van der Waals surface area (Å²) in [4.78, 5) is 22.4. The highest BCUT2D eigenvalue weighted by Crippen LogP contribution is 2.43. The number of phosphoric ester groups is 1. The van der Waals surface area contributed by atoms with Crippen LogP contribution in [-0.2, 0) is 27.9 Å². The maximum atomic E-state index is 12.5. The second-order valence-corrected chi connectivity index (χ2v) is 14.5. The second-order valence-electron chi connectivity index (χ2n) is 13.1. The standard InChI is InChI=1S/C41H74NO8P/c1-3-5-7-8-9-10-11-12-13-17-20-23-26-30-35-47-37-40(38-49-51(45,46)48-36-34-42)50-41(44)33-29-25-22-19-16-14-15-18-21-24-28-32-39(43)31-27-6-4-2/h14-15,19,21-22,24,28,30,32,35,39-40,43H,3-13,16-18,20,23,25-27,29,31,33-34,36-38,42H2,1-2H3,(H,45,46). The van der Waals surface area contributed by atoms with Crippen molar-refractivity contribution in [3.63, 3.8) is 0 Å². The molecule has 0 amide bonds. The monoisotopic (exact) mass is 740 g/mol. The third-order valence-electron chi connectivity index (χ3n) is 8.11. The van der Waals surface area contributed by atoms with Crippen LogP contribution in [0.2, 0.25) is 0 Å². The number of carbonyl (C=O) groups is 1. The van der Waals surface area contributed by atoms with Gasteiger partial charge in [0.25, 0.3) is 0 Å². The van der Waals surface area contributed by atoms with Crippen LogP contribution in [0.4, 0.5) is 0 Å². The first-order valence-corrected chi connectivity index (χ1v) is 21.4. The van der Waals surface area contributed by atoms with E-state index in [0.717, 1.165) is 57.8 Å². The molecule has 3 unspecified atom stereocenters. The number of unbranched alkanes of at least 4 members (excludes halogenated alkanes) is 15. The van der Waals surface area contributed by atoms with Gasteiger partial charge >= 0.3 is 13.8 Å². The zero-order valence-electron chi connectivity index (χ0n) is 32.2. The summed E-state index contributed by atoms with van der Waals surface area (Å²) >= 11 is 0. The van der Waals surface area contributed by atoms with E-state index in [0.29, 0.717) is 6.42 Å². The highest BCUT2D eigenvalue weighted by Gasteiger charge is 2.25. The molecule has 0 saturated heterocycles. The molecule has 10 heteroatoms. The number of nitrogens with two attached hydrogens (primary N) is 1. The van der Waals surface area contributed by atoms with Gasteiger partial charge in [0.05, 0.1) is 25.6 Å². The number of hydrogen-bond donors (Lipinski definition) is 3. The maximum Gasteiger partial charge on any atom is 0.472 e. The average molecular weight is 740 g/mol. The van der Waals surface area contributed by atoms with Crippen molar-refractivity contribution in [1.29, 1.82) is 0 Å². The predicted octanol–water partition coefficient (Wildman–Crippen LogP) is 10.7. The second kappa shape index (κ2) is 37.7. The molecule has 0 aromatic rings. The van der Waals surface area contributed by atoms with Crippen molar-refractivity contribution in [3.8, 4) is 0 Å². The topological polar surface area (TPSA) is 138 Å². The quantitative estimate of drug-likeness (QED) is 0.0142. The third-order valence-corrected chi connectivity index (χ3v) is 9.09. The summed E-state index contributed by atoms with van der Waals surface area (Å²) in [6.45, 7) is 4.02. The SMILES string of the molecule is CCCCCCCCCCCCCCC=COCC(COP(=O)(O)OCCN)OC(=O)CCCC=CCC=CCC=CC=CC(O)CCCCC. The van der Waals surface area contributed by atoms with Crippen molar-refractivity contribution in [3.05, 3.63) is 60.9 Å². The van der Waals surface area contributed by atoms with Crippen molar-refractivity contribution in [1.82, 2.24) is 0 Å². The lowest BCUT2D eigenvalue weighted by Gasteiger charge is -2.19. The van der Waals surface area contributed by atoms with Gasteiger partial charge in [0.1, 0.15) is 6.61 Å². The van der Waals surface area contributed by atoms with Gasteiger partial charge in [-0.25, -0.2) is 4.57 Å². The van der Waals surface area contributed by atoms with E-state index in [1.807, 2.05) is 36.5 Å². The predicted molar refractivity (Wildman–Crippen MR) is 211 cm³/mol. The van der Waals surface area contributed by atoms with Crippen molar-refractivity contribution < 1.29 is 37.9 Å². The maximum absolute atomic E-state index is 12.5. The smallest absolute Gasteiger partial charge is 0.472 e. The van der Waals surface area contributed by atoms with E-state index in [9.17, 15) is 19.4 Å². The van der Waals surface area contributed by atoms with Crippen LogP contribution in [0.5, 0.6) is 0 Å². The molecule has 296 valence electrons. The molecular formula is C41H74NO8P. The van der Waals surface area contributed by atoms with E-state index in [1.165, 1.54) is 70.6 Å². The van der Waals surface area contributed by atoms with E-state index in [1.54, 1.807) is 6.26 Å². The number of hydrogen-bond acceptors (Lipinski definition) is 8. The van der Waals surface area contributed by atoms with E-state index in [-0.39, 0.29) is 38.9 Å². The Bertz CT molecular complexity index is 981. The van der Waals surface area contributed by atoms with Gasteiger partial charge in [0.2, 0.25) is 0 Å². The molecule has 0 rings (SSSR count). The fraction of sp³-hybridized carbons (Fsp3) is 0.732. The molecular weight excluding hydrogens is 665 g/mol. The molecule has 0 aromatic carbocycles. The van der Waals surface area contributed by atoms with E-state index in [2.05, 4.69) is 32.1 Å². The van der Waals surface area contributed by atoms with Crippen LogP contribution in [0.25, 0.3) is 0 Å². The van der Waals surface area contributed by atoms with Crippen molar-refractivity contribution in [2.24, 2.45) is 5.73 Å². The molecule has 9 nitrogen and oxygen atoms in total. The van der Waals surface area contributed by atoms with Crippen LogP contribution < -0.4 is 5.73 Å². The third kappa shape index (κ3) is 37.6. The average Bonchev–Trinajstić information content (AvgIpc) is 3.11. The molecule has 0 heterocycles. The minimum absolute atomic E-state index is 0.00368. The van der Waals surface area contributed by atoms with Gasteiger partial charge in [0, 0.05) is 13.0 Å². The molecule has 0 aliphatic rings. The zero-order valence-corrected chi connectivity index (χ0v) is 33.1. The first kappa shape index (κ1) is 49.0. The summed E-state index contributed by atoms with van der Waals surface area (Å²) in [6, 6.07) is 0. The van der Waals surface area contributed by atoms with Gasteiger partial charge in [-0.3, -0.25) is 13.8 Å². The van der Waals surface area contributed by atoms with Crippen molar-refractivity contribution in [2.45, 2.75) is 167 Å². The molecule has 0 aromatic heterocycles. The van der Waals surface area contributed by atoms with Gasteiger partial charge < -0.3 is 25.2 Å². The Labute approximate surface area is 311 Å². The Morgan fingerprint density at radius 1 is 0.706 bits per heavy atom. The molecule has 0 aliphatic heterocycles. The lowest BCUT2D eigenvalue weighted by Crippen LogP contribution is -2.27. The van der Waals surface area contributed by atoms with Crippen molar-refractivity contribution in [2.75, 3.05) is 26.4 Å². The summed E-state index contributed by atoms with van der Waals surface area (Å²) in [5.74, 6) is -0.425. The Morgan fingerprint density at radius 2 is 1.29 bits per heavy atom. The fourth-order valence-electron chi connectivity index (χ4n) is 5.12. The highest BCUT2D eigenvalue weighted by molar-refractivity contribution is 7.47. The van der Waals surface area contributed by atoms with Gasteiger partial charge in [-0.15, -0.1) is 0 Å². The van der Waals surface area contributed by atoms with Crippen LogP contribution in [0.15, 0.2) is 60.9 Å². The fourth-order valence-corrected chi connectivity index (χ4v) is 5.89. The molecule has 51 heavy (non-hydrogen) atoms. The largest absolute Gasteiger partial charge is 0.498 e. The van der Waals surface area contributed by atoms with E-state index in [4.69, 9.17) is 24.3 Å². The number of aliphatic hydroxyl groups is 1. The Kier molecular flexibility index (Phi) is 36.3. The lowest BCUT2D eigenvalue weighted by molar-refractivity contribution is -0.153. The van der Waals surface area contributed by atoms with Crippen molar-refractivity contribution >= 4 is 13.8 Å². The zero-order chi connectivity index (χ0) is 37.5.